The van der Waals surface area contributed by atoms with Crippen LogP contribution in [0.4, 0.5) is 5.69 Å². The minimum absolute atomic E-state index is 0.114. The Labute approximate surface area is 157 Å². The van der Waals surface area contributed by atoms with E-state index in [0.717, 1.165) is 46.5 Å². The molecule has 1 atom stereocenters. The molecule has 3 heteroatoms. The second-order valence-electron chi connectivity index (χ2n) is 7.10. The van der Waals surface area contributed by atoms with Crippen LogP contribution in [0.25, 0.3) is 0 Å². The third-order valence-corrected chi connectivity index (χ3v) is 4.71. The second kappa shape index (κ2) is 8.88. The fraction of sp³-hybridized carbons (Fsp3) is 0.435. The van der Waals surface area contributed by atoms with Gasteiger partial charge in [-0.05, 0) is 60.9 Å². The third-order valence-electron chi connectivity index (χ3n) is 4.71. The lowest BCUT2D eigenvalue weighted by Gasteiger charge is -2.21. The standard InChI is InChI=1S/C23H31NO2/c1-7-18-10-9-11-19(8-2)22(18)24-23(25)17(6)26-21-14-16(5)12-13-20(21)15(3)4/h9-15,17H,7-8H2,1-6H3,(H,24,25)/t17-/m0/s1. The van der Waals surface area contributed by atoms with E-state index >= 15 is 0 Å². The number of nitrogens with one attached hydrogen (secondary N) is 1. The van der Waals surface area contributed by atoms with Gasteiger partial charge in [0.15, 0.2) is 6.10 Å². The summed E-state index contributed by atoms with van der Waals surface area (Å²) in [5.74, 6) is 1.02. The van der Waals surface area contributed by atoms with Crippen LogP contribution in [-0.2, 0) is 17.6 Å². The van der Waals surface area contributed by atoms with Gasteiger partial charge in [-0.2, -0.15) is 0 Å². The fourth-order valence-corrected chi connectivity index (χ4v) is 3.09. The molecule has 0 aliphatic carbocycles. The molecular formula is C23H31NO2. The van der Waals surface area contributed by atoms with E-state index < -0.39 is 6.10 Å². The molecule has 26 heavy (non-hydrogen) atoms. The lowest BCUT2D eigenvalue weighted by molar-refractivity contribution is -0.122. The van der Waals surface area contributed by atoms with Crippen molar-refractivity contribution in [1.29, 1.82) is 0 Å². The van der Waals surface area contributed by atoms with E-state index in [2.05, 4.69) is 63.3 Å². The fourth-order valence-electron chi connectivity index (χ4n) is 3.09. The zero-order chi connectivity index (χ0) is 19.3. The molecule has 2 rings (SSSR count). The number of anilines is 1. The van der Waals surface area contributed by atoms with Crippen molar-refractivity contribution >= 4 is 11.6 Å². The van der Waals surface area contributed by atoms with Gasteiger partial charge in [-0.3, -0.25) is 4.79 Å². The van der Waals surface area contributed by atoms with Crippen LogP contribution in [0.1, 0.15) is 62.8 Å². The zero-order valence-corrected chi connectivity index (χ0v) is 16.8. The van der Waals surface area contributed by atoms with Crippen LogP contribution in [0.15, 0.2) is 36.4 Å². The van der Waals surface area contributed by atoms with Crippen LogP contribution in [0, 0.1) is 6.92 Å². The molecule has 0 fully saturated rings. The number of carbonyl (C=O) groups is 1. The summed E-state index contributed by atoms with van der Waals surface area (Å²) in [4.78, 5) is 12.8. The van der Waals surface area contributed by atoms with Crippen molar-refractivity contribution in [2.45, 2.75) is 66.4 Å². The van der Waals surface area contributed by atoms with E-state index in [4.69, 9.17) is 4.74 Å². The van der Waals surface area contributed by atoms with Gasteiger partial charge in [-0.25, -0.2) is 0 Å². The first-order chi connectivity index (χ1) is 12.4. The Hall–Kier alpha value is -2.29. The number of benzene rings is 2. The van der Waals surface area contributed by atoms with Gasteiger partial charge in [0.1, 0.15) is 5.75 Å². The molecule has 140 valence electrons. The number of carbonyl (C=O) groups excluding carboxylic acids is 1. The summed E-state index contributed by atoms with van der Waals surface area (Å²) in [6.07, 6.45) is 1.20. The molecule has 0 aromatic heterocycles. The van der Waals surface area contributed by atoms with Gasteiger partial charge in [0.05, 0.1) is 0 Å². The lowest BCUT2D eigenvalue weighted by atomic mass is 10.0. The molecule has 0 aliphatic heterocycles. The SMILES string of the molecule is CCc1cccc(CC)c1NC(=O)[C@H](C)Oc1cc(C)ccc1C(C)C. The summed E-state index contributed by atoms with van der Waals surface area (Å²) in [5.41, 5.74) is 5.50. The van der Waals surface area contributed by atoms with Gasteiger partial charge in [0.2, 0.25) is 0 Å². The van der Waals surface area contributed by atoms with Crippen molar-refractivity contribution < 1.29 is 9.53 Å². The highest BCUT2D eigenvalue weighted by molar-refractivity contribution is 5.95. The molecule has 0 bridgehead atoms. The number of aryl methyl sites for hydroxylation is 3. The van der Waals surface area contributed by atoms with Crippen LogP contribution in [0.3, 0.4) is 0 Å². The smallest absolute Gasteiger partial charge is 0.265 e. The number of hydrogen-bond acceptors (Lipinski definition) is 2. The average molecular weight is 354 g/mol. The quantitative estimate of drug-likeness (QED) is 0.698. The Balaban J connectivity index is 2.21. The first-order valence-corrected chi connectivity index (χ1v) is 9.56. The minimum atomic E-state index is -0.566. The maximum absolute atomic E-state index is 12.8. The van der Waals surface area contributed by atoms with Crippen molar-refractivity contribution in [1.82, 2.24) is 0 Å². The molecule has 0 heterocycles. The first kappa shape index (κ1) is 20.0. The third kappa shape index (κ3) is 4.66. The zero-order valence-electron chi connectivity index (χ0n) is 16.8. The monoisotopic (exact) mass is 353 g/mol. The Morgan fingerprint density at radius 1 is 1.04 bits per heavy atom. The summed E-state index contributed by atoms with van der Waals surface area (Å²) in [5, 5.41) is 3.10. The minimum Gasteiger partial charge on any atom is -0.481 e. The van der Waals surface area contributed by atoms with E-state index in [1.165, 1.54) is 0 Å². The van der Waals surface area contributed by atoms with E-state index in [9.17, 15) is 4.79 Å². The summed E-state index contributed by atoms with van der Waals surface area (Å²) in [6.45, 7) is 12.3. The van der Waals surface area contributed by atoms with Gasteiger partial charge in [-0.1, -0.05) is 58.0 Å². The van der Waals surface area contributed by atoms with Crippen molar-refractivity contribution in [2.75, 3.05) is 5.32 Å². The normalized spacial score (nSPS) is 12.1. The van der Waals surface area contributed by atoms with Gasteiger partial charge in [0.25, 0.3) is 5.91 Å². The molecular weight excluding hydrogens is 322 g/mol. The molecule has 0 spiro atoms. The molecule has 0 unspecified atom stereocenters. The molecule has 3 nitrogen and oxygen atoms in total. The molecule has 2 aromatic rings. The molecule has 0 saturated carbocycles. The largest absolute Gasteiger partial charge is 0.481 e. The number of ether oxygens (including phenoxy) is 1. The Morgan fingerprint density at radius 2 is 1.65 bits per heavy atom. The highest BCUT2D eigenvalue weighted by Crippen LogP contribution is 2.29. The van der Waals surface area contributed by atoms with Crippen LogP contribution in [0.2, 0.25) is 0 Å². The Bertz CT molecular complexity index is 743. The molecule has 1 N–H and O–H groups in total. The number of para-hydroxylation sites is 1. The van der Waals surface area contributed by atoms with Gasteiger partial charge >= 0.3 is 0 Å². The van der Waals surface area contributed by atoms with Gasteiger partial charge in [0, 0.05) is 5.69 Å². The van der Waals surface area contributed by atoms with Crippen LogP contribution in [-0.4, -0.2) is 12.0 Å². The molecule has 1 amide bonds. The van der Waals surface area contributed by atoms with Crippen molar-refractivity contribution in [2.24, 2.45) is 0 Å². The molecule has 0 aliphatic rings. The molecule has 0 radical (unpaired) electrons. The lowest BCUT2D eigenvalue weighted by Crippen LogP contribution is -2.31. The average Bonchev–Trinajstić information content (AvgIpc) is 2.61. The molecule has 2 aromatic carbocycles. The number of hydrogen-bond donors (Lipinski definition) is 1. The van der Waals surface area contributed by atoms with Crippen LogP contribution in [0.5, 0.6) is 5.75 Å². The van der Waals surface area contributed by atoms with Crippen LogP contribution >= 0.6 is 0 Å². The highest BCUT2D eigenvalue weighted by atomic mass is 16.5. The van der Waals surface area contributed by atoms with Crippen molar-refractivity contribution in [3.63, 3.8) is 0 Å². The van der Waals surface area contributed by atoms with E-state index in [-0.39, 0.29) is 5.91 Å². The maximum Gasteiger partial charge on any atom is 0.265 e. The van der Waals surface area contributed by atoms with Crippen LogP contribution < -0.4 is 10.1 Å². The second-order valence-corrected chi connectivity index (χ2v) is 7.10. The van der Waals surface area contributed by atoms with Gasteiger partial charge < -0.3 is 10.1 Å². The Kier molecular flexibility index (Phi) is 6.84. The predicted molar refractivity (Wildman–Crippen MR) is 109 cm³/mol. The Morgan fingerprint density at radius 3 is 2.19 bits per heavy atom. The summed E-state index contributed by atoms with van der Waals surface area (Å²) in [7, 11) is 0. The van der Waals surface area contributed by atoms with Crippen molar-refractivity contribution in [3.05, 3.63) is 58.7 Å². The number of rotatable bonds is 7. The van der Waals surface area contributed by atoms with Crippen molar-refractivity contribution in [3.8, 4) is 5.75 Å². The summed E-state index contributed by atoms with van der Waals surface area (Å²) in [6, 6.07) is 12.4. The van der Waals surface area contributed by atoms with E-state index in [1.807, 2.05) is 19.9 Å². The van der Waals surface area contributed by atoms with E-state index in [1.54, 1.807) is 0 Å². The highest BCUT2D eigenvalue weighted by Gasteiger charge is 2.19. The van der Waals surface area contributed by atoms with E-state index in [0.29, 0.717) is 5.92 Å². The molecule has 0 saturated heterocycles. The summed E-state index contributed by atoms with van der Waals surface area (Å²) < 4.78 is 6.06. The topological polar surface area (TPSA) is 38.3 Å². The summed E-state index contributed by atoms with van der Waals surface area (Å²) >= 11 is 0. The maximum atomic E-state index is 12.8. The first-order valence-electron chi connectivity index (χ1n) is 9.56. The number of amides is 1. The predicted octanol–water partition coefficient (Wildman–Crippen LogP) is 5.65. The van der Waals surface area contributed by atoms with Gasteiger partial charge in [-0.15, -0.1) is 0 Å².